The summed E-state index contributed by atoms with van der Waals surface area (Å²) >= 11 is 0. The van der Waals surface area contributed by atoms with Crippen molar-refractivity contribution in [3.63, 3.8) is 0 Å². The van der Waals surface area contributed by atoms with Crippen LogP contribution in [0, 0.1) is 0 Å². The molecular weight excluding hydrogens is 638 g/mol. The molecule has 1 unspecified atom stereocenters. The van der Waals surface area contributed by atoms with Gasteiger partial charge in [-0.25, -0.2) is 4.79 Å². The van der Waals surface area contributed by atoms with Crippen molar-refractivity contribution in [2.45, 2.75) is 187 Å². The lowest BCUT2D eigenvalue weighted by atomic mass is 10.0. The highest BCUT2D eigenvalue weighted by Crippen LogP contribution is 2.16. The molecule has 11 nitrogen and oxygen atoms in total. The van der Waals surface area contributed by atoms with Gasteiger partial charge in [-0.15, -0.1) is 0 Å². The average molecular weight is 714 g/mol. The maximum atomic E-state index is 12.8. The average Bonchev–Trinajstić information content (AvgIpc) is 3.01. The van der Waals surface area contributed by atoms with E-state index in [9.17, 15) is 19.2 Å². The molecule has 0 aromatic heterocycles. The molecule has 0 aromatic carbocycles. The zero-order valence-corrected chi connectivity index (χ0v) is 32.8. The van der Waals surface area contributed by atoms with Crippen LogP contribution in [0.15, 0.2) is 0 Å². The highest BCUT2D eigenvalue weighted by atomic mass is 16.6. The van der Waals surface area contributed by atoms with Gasteiger partial charge < -0.3 is 35.3 Å². The van der Waals surface area contributed by atoms with Crippen molar-refractivity contribution in [1.29, 1.82) is 0 Å². The topological polar surface area (TPSA) is 155 Å². The van der Waals surface area contributed by atoms with E-state index in [1.54, 1.807) is 0 Å². The van der Waals surface area contributed by atoms with Crippen molar-refractivity contribution in [3.8, 4) is 0 Å². The fraction of sp³-hybridized carbons (Fsp3) is 0.897. The molecule has 0 heterocycles. The van der Waals surface area contributed by atoms with E-state index in [-0.39, 0.29) is 24.2 Å². The normalized spacial score (nSPS) is 12.4. The number of rotatable bonds is 32. The van der Waals surface area contributed by atoms with Crippen molar-refractivity contribution < 1.29 is 38.1 Å². The zero-order valence-electron chi connectivity index (χ0n) is 32.8. The van der Waals surface area contributed by atoms with E-state index in [0.717, 1.165) is 32.1 Å². The van der Waals surface area contributed by atoms with Crippen LogP contribution in [0.1, 0.15) is 170 Å². The van der Waals surface area contributed by atoms with Crippen LogP contribution in [-0.2, 0) is 38.1 Å². The van der Waals surface area contributed by atoms with Gasteiger partial charge in [-0.2, -0.15) is 0 Å². The van der Waals surface area contributed by atoms with E-state index in [1.807, 2.05) is 41.5 Å². The Kier molecular flexibility index (Phi) is 29.0. The van der Waals surface area contributed by atoms with Crippen molar-refractivity contribution in [3.05, 3.63) is 0 Å². The first-order chi connectivity index (χ1) is 23.7. The predicted molar refractivity (Wildman–Crippen MR) is 200 cm³/mol. The van der Waals surface area contributed by atoms with Crippen molar-refractivity contribution in [1.82, 2.24) is 10.6 Å². The first kappa shape index (κ1) is 47.8. The molecule has 0 fully saturated rings. The maximum Gasteiger partial charge on any atom is 0.329 e. The number of nitrogens with two attached hydrogens (primary N) is 1. The van der Waals surface area contributed by atoms with Gasteiger partial charge in [0.15, 0.2) is 0 Å². The molecule has 0 saturated carbocycles. The van der Waals surface area contributed by atoms with Crippen LogP contribution in [0.4, 0.5) is 0 Å². The number of carbonyl (C=O) groups excluding carboxylic acids is 4. The van der Waals surface area contributed by atoms with Crippen LogP contribution in [-0.4, -0.2) is 80.5 Å². The van der Waals surface area contributed by atoms with Crippen molar-refractivity contribution in [2.75, 3.05) is 39.5 Å². The number of ether oxygens (including phenoxy) is 4. The second-order valence-electron chi connectivity index (χ2n) is 15.3. The summed E-state index contributed by atoms with van der Waals surface area (Å²) in [6, 6.07) is -0.698. The predicted octanol–water partition coefficient (Wildman–Crippen LogP) is 7.06. The third kappa shape index (κ3) is 34.2. The van der Waals surface area contributed by atoms with Gasteiger partial charge in [-0.3, -0.25) is 14.4 Å². The van der Waals surface area contributed by atoms with Gasteiger partial charge in [0.2, 0.25) is 11.8 Å². The Morgan fingerprint density at radius 3 is 1.52 bits per heavy atom. The lowest BCUT2D eigenvalue weighted by molar-refractivity contribution is -0.159. The second-order valence-corrected chi connectivity index (χ2v) is 15.3. The Hall–Kier alpha value is -2.24. The molecule has 0 radical (unpaired) electrons. The summed E-state index contributed by atoms with van der Waals surface area (Å²) in [6.45, 7) is 13.8. The molecular formula is C39H75N3O8. The Morgan fingerprint density at radius 1 is 0.540 bits per heavy atom. The molecule has 1 atom stereocenters. The van der Waals surface area contributed by atoms with E-state index in [0.29, 0.717) is 71.6 Å². The minimum Gasteiger partial charge on any atom is -0.460 e. The van der Waals surface area contributed by atoms with Gasteiger partial charge in [-0.1, -0.05) is 77.0 Å². The van der Waals surface area contributed by atoms with Gasteiger partial charge in [0, 0.05) is 32.4 Å². The molecule has 0 spiro atoms. The Bertz CT molecular complexity index is 886. The summed E-state index contributed by atoms with van der Waals surface area (Å²) < 4.78 is 21.5. The second kappa shape index (κ2) is 30.4. The smallest absolute Gasteiger partial charge is 0.329 e. The molecule has 0 aliphatic heterocycles. The van der Waals surface area contributed by atoms with E-state index in [2.05, 4.69) is 10.6 Å². The van der Waals surface area contributed by atoms with Crippen LogP contribution in [0.2, 0.25) is 0 Å². The number of nitrogens with one attached hydrogen (secondary N) is 2. The molecule has 0 saturated heterocycles. The number of esters is 2. The van der Waals surface area contributed by atoms with Gasteiger partial charge in [-0.05, 0) is 73.6 Å². The summed E-state index contributed by atoms with van der Waals surface area (Å²) in [5, 5.41) is 5.77. The summed E-state index contributed by atoms with van der Waals surface area (Å²) in [6.07, 6.45) is 19.2. The fourth-order valence-electron chi connectivity index (χ4n) is 5.32. The highest BCUT2D eigenvalue weighted by molar-refractivity contribution is 5.84. The quantitative estimate of drug-likeness (QED) is 0.0491. The fourth-order valence-corrected chi connectivity index (χ4v) is 5.32. The molecule has 0 rings (SSSR count). The number of amides is 2. The Balaban J connectivity index is 3.96. The first-order valence-corrected chi connectivity index (χ1v) is 19.6. The maximum absolute atomic E-state index is 12.8. The Labute approximate surface area is 304 Å². The lowest BCUT2D eigenvalue weighted by Crippen LogP contribution is -2.44. The summed E-state index contributed by atoms with van der Waals surface area (Å²) in [7, 11) is 0. The molecule has 0 aliphatic rings. The first-order valence-electron chi connectivity index (χ1n) is 19.6. The standard InChI is InChI=1S/C39H75N3O8/c1-38(2,3)49-36(45)25-20-18-16-14-12-10-8-7-9-11-13-15-17-19-24-35(44)42-33(37(46)50-39(4,5)6)23-21-22-28-41-34(43)26-29-47-31-32-48-30-27-40/h33H,7-32,40H2,1-6H3,(H,41,43)(H,42,44). The number of unbranched alkanes of at least 4 members (excludes halogenated alkanes) is 14. The number of hydrogen-bond donors (Lipinski definition) is 3. The van der Waals surface area contributed by atoms with Crippen LogP contribution >= 0.6 is 0 Å². The van der Waals surface area contributed by atoms with Gasteiger partial charge in [0.05, 0.1) is 26.4 Å². The molecule has 0 aliphatic carbocycles. The summed E-state index contributed by atoms with van der Waals surface area (Å²) in [5.41, 5.74) is 4.32. The summed E-state index contributed by atoms with van der Waals surface area (Å²) in [4.78, 5) is 49.3. The SMILES string of the molecule is CC(C)(C)OC(=O)CCCCCCCCCCCCCCCCC(=O)NC(CCCCNC(=O)CCOCCOCCN)C(=O)OC(C)(C)C. The van der Waals surface area contributed by atoms with Crippen molar-refractivity contribution in [2.24, 2.45) is 5.73 Å². The minimum atomic E-state index is -0.698. The molecule has 2 amide bonds. The third-order valence-electron chi connectivity index (χ3n) is 7.83. The number of hydrogen-bond acceptors (Lipinski definition) is 9. The molecule has 0 aromatic rings. The minimum absolute atomic E-state index is 0.0856. The van der Waals surface area contributed by atoms with E-state index in [1.165, 1.54) is 57.8 Å². The molecule has 0 bridgehead atoms. The largest absolute Gasteiger partial charge is 0.460 e. The van der Waals surface area contributed by atoms with Crippen LogP contribution in [0.5, 0.6) is 0 Å². The molecule has 4 N–H and O–H groups in total. The van der Waals surface area contributed by atoms with Gasteiger partial charge in [0.1, 0.15) is 17.2 Å². The number of carbonyl (C=O) groups is 4. The summed E-state index contributed by atoms with van der Waals surface area (Å²) in [5.74, 6) is -0.711. The lowest BCUT2D eigenvalue weighted by Gasteiger charge is -2.24. The molecule has 294 valence electrons. The van der Waals surface area contributed by atoms with Crippen LogP contribution in [0.3, 0.4) is 0 Å². The van der Waals surface area contributed by atoms with Crippen LogP contribution < -0.4 is 16.4 Å². The monoisotopic (exact) mass is 714 g/mol. The van der Waals surface area contributed by atoms with Crippen LogP contribution in [0.25, 0.3) is 0 Å². The third-order valence-corrected chi connectivity index (χ3v) is 7.83. The highest BCUT2D eigenvalue weighted by Gasteiger charge is 2.26. The molecule has 50 heavy (non-hydrogen) atoms. The van der Waals surface area contributed by atoms with Gasteiger partial charge >= 0.3 is 11.9 Å². The molecule has 11 heteroatoms. The van der Waals surface area contributed by atoms with E-state index >= 15 is 0 Å². The van der Waals surface area contributed by atoms with Gasteiger partial charge in [0.25, 0.3) is 0 Å². The van der Waals surface area contributed by atoms with Crippen molar-refractivity contribution >= 4 is 23.8 Å². The Morgan fingerprint density at radius 2 is 1.02 bits per heavy atom. The van der Waals surface area contributed by atoms with E-state index < -0.39 is 23.2 Å². The van der Waals surface area contributed by atoms with E-state index in [4.69, 9.17) is 24.7 Å². The zero-order chi connectivity index (χ0) is 37.5.